The molecule has 162 valence electrons. The summed E-state index contributed by atoms with van der Waals surface area (Å²) in [5.41, 5.74) is 0.762. The molecular weight excluding hydrogens is 400 g/mol. The molecule has 8 nitrogen and oxygen atoms in total. The topological polar surface area (TPSA) is 98.2 Å². The molecule has 0 spiro atoms. The van der Waals surface area contributed by atoms with E-state index in [4.69, 9.17) is 14.2 Å². The zero-order valence-electron chi connectivity index (χ0n) is 17.4. The zero-order chi connectivity index (χ0) is 22.0. The van der Waals surface area contributed by atoms with E-state index in [1.165, 1.54) is 19.1 Å². The molecule has 2 atom stereocenters. The van der Waals surface area contributed by atoms with Gasteiger partial charge in [-0.3, -0.25) is 14.6 Å². The number of aromatic nitrogens is 1. The van der Waals surface area contributed by atoms with Crippen molar-refractivity contribution in [3.63, 3.8) is 0 Å². The first kappa shape index (κ1) is 20.9. The van der Waals surface area contributed by atoms with E-state index in [9.17, 15) is 14.7 Å². The van der Waals surface area contributed by atoms with Crippen LogP contribution in [0.15, 0.2) is 48.2 Å². The van der Waals surface area contributed by atoms with Gasteiger partial charge in [-0.15, -0.1) is 0 Å². The number of benzene rings is 1. The number of likely N-dealkylation sites (tertiary alicyclic amines) is 1. The summed E-state index contributed by atoms with van der Waals surface area (Å²) in [4.78, 5) is 31.9. The van der Waals surface area contributed by atoms with Gasteiger partial charge < -0.3 is 24.2 Å². The number of nitrogens with zero attached hydrogens (tertiary/aromatic N) is 2. The number of ketones is 1. The second-order valence-corrected chi connectivity index (χ2v) is 7.41. The molecular formula is C23H24N2O6. The Kier molecular flexibility index (Phi) is 5.90. The molecule has 2 unspecified atom stereocenters. The van der Waals surface area contributed by atoms with E-state index in [2.05, 4.69) is 4.98 Å². The van der Waals surface area contributed by atoms with Gasteiger partial charge in [0.05, 0.1) is 37.2 Å². The van der Waals surface area contributed by atoms with E-state index < -0.39 is 17.7 Å². The van der Waals surface area contributed by atoms with E-state index in [1.807, 2.05) is 0 Å². The lowest BCUT2D eigenvalue weighted by Gasteiger charge is -2.26. The van der Waals surface area contributed by atoms with Crippen molar-refractivity contribution in [3.8, 4) is 11.5 Å². The quantitative estimate of drug-likeness (QED) is 0.432. The van der Waals surface area contributed by atoms with Gasteiger partial charge in [0.1, 0.15) is 23.3 Å². The maximum absolute atomic E-state index is 13.1. The number of amides is 1. The summed E-state index contributed by atoms with van der Waals surface area (Å²) in [5.74, 6) is -0.900. The summed E-state index contributed by atoms with van der Waals surface area (Å²) in [6, 6.07) is 9.29. The van der Waals surface area contributed by atoms with E-state index in [-0.39, 0.29) is 24.0 Å². The average Bonchev–Trinajstić information content (AvgIpc) is 3.41. The molecule has 2 aromatic rings. The number of methoxy groups -OCH3 is 2. The van der Waals surface area contributed by atoms with Gasteiger partial charge >= 0.3 is 0 Å². The fourth-order valence-electron chi connectivity index (χ4n) is 4.06. The van der Waals surface area contributed by atoms with Crippen LogP contribution in [0, 0.1) is 0 Å². The molecule has 2 fully saturated rings. The highest BCUT2D eigenvalue weighted by Gasteiger charge is 2.47. The number of hydrogen-bond donors (Lipinski definition) is 1. The van der Waals surface area contributed by atoms with Crippen LogP contribution in [0.5, 0.6) is 11.5 Å². The summed E-state index contributed by atoms with van der Waals surface area (Å²) in [6.45, 7) is 0.883. The first-order chi connectivity index (χ1) is 15.0. The predicted octanol–water partition coefficient (Wildman–Crippen LogP) is 2.70. The molecule has 2 aliphatic rings. The van der Waals surface area contributed by atoms with Gasteiger partial charge in [-0.05, 0) is 37.1 Å². The molecule has 1 N–H and O–H groups in total. The Morgan fingerprint density at radius 2 is 2.06 bits per heavy atom. The first-order valence-electron chi connectivity index (χ1n) is 10.1. The van der Waals surface area contributed by atoms with Gasteiger partial charge in [0.2, 0.25) is 0 Å². The monoisotopic (exact) mass is 424 g/mol. The van der Waals surface area contributed by atoms with Crippen molar-refractivity contribution in [2.45, 2.75) is 25.0 Å². The molecule has 31 heavy (non-hydrogen) atoms. The summed E-state index contributed by atoms with van der Waals surface area (Å²) >= 11 is 0. The largest absolute Gasteiger partial charge is 0.507 e. The maximum Gasteiger partial charge on any atom is 0.295 e. The Balaban J connectivity index is 1.84. The first-order valence-corrected chi connectivity index (χ1v) is 10.1. The molecule has 2 aliphatic heterocycles. The number of aliphatic hydroxyl groups is 1. The van der Waals surface area contributed by atoms with Crippen molar-refractivity contribution in [1.82, 2.24) is 9.88 Å². The van der Waals surface area contributed by atoms with Gasteiger partial charge in [-0.25, -0.2) is 0 Å². The van der Waals surface area contributed by atoms with Gasteiger partial charge in [0.25, 0.3) is 11.7 Å². The summed E-state index contributed by atoms with van der Waals surface area (Å²) < 4.78 is 16.3. The molecule has 4 rings (SSSR count). The Morgan fingerprint density at radius 3 is 2.71 bits per heavy atom. The normalized spacial score (nSPS) is 22.7. The van der Waals surface area contributed by atoms with Crippen LogP contribution in [0.4, 0.5) is 0 Å². The zero-order valence-corrected chi connectivity index (χ0v) is 17.4. The number of pyridine rings is 1. The second-order valence-electron chi connectivity index (χ2n) is 7.41. The van der Waals surface area contributed by atoms with Crippen LogP contribution in [0.1, 0.15) is 30.1 Å². The van der Waals surface area contributed by atoms with Crippen LogP contribution >= 0.6 is 0 Å². The number of carbonyl (C=O) groups is 2. The average molecular weight is 424 g/mol. The number of Topliss-reactive ketones (excluding diaryl/α,β-unsaturated/α-hetero) is 1. The van der Waals surface area contributed by atoms with E-state index in [1.54, 1.807) is 42.6 Å². The Morgan fingerprint density at radius 1 is 1.23 bits per heavy atom. The van der Waals surface area contributed by atoms with Crippen molar-refractivity contribution in [1.29, 1.82) is 0 Å². The lowest BCUT2D eigenvalue weighted by atomic mass is 9.97. The lowest BCUT2D eigenvalue weighted by molar-refractivity contribution is -0.140. The summed E-state index contributed by atoms with van der Waals surface area (Å²) in [5, 5.41) is 11.2. The predicted molar refractivity (Wildman–Crippen MR) is 112 cm³/mol. The molecule has 8 heteroatoms. The molecule has 1 aromatic carbocycles. The highest BCUT2D eigenvalue weighted by molar-refractivity contribution is 6.46. The van der Waals surface area contributed by atoms with Crippen LogP contribution in [0.3, 0.4) is 0 Å². The van der Waals surface area contributed by atoms with Crippen LogP contribution in [-0.2, 0) is 14.3 Å². The highest BCUT2D eigenvalue weighted by atomic mass is 16.5. The lowest BCUT2D eigenvalue weighted by Crippen LogP contribution is -2.36. The molecule has 0 aliphatic carbocycles. The van der Waals surface area contributed by atoms with E-state index >= 15 is 0 Å². The van der Waals surface area contributed by atoms with Gasteiger partial charge in [0.15, 0.2) is 0 Å². The van der Waals surface area contributed by atoms with Crippen molar-refractivity contribution in [2.75, 3.05) is 27.4 Å². The van der Waals surface area contributed by atoms with Crippen LogP contribution in [-0.4, -0.2) is 60.2 Å². The molecule has 2 saturated heterocycles. The van der Waals surface area contributed by atoms with Crippen molar-refractivity contribution >= 4 is 17.4 Å². The molecule has 0 radical (unpaired) electrons. The Labute approximate surface area is 180 Å². The van der Waals surface area contributed by atoms with Crippen LogP contribution < -0.4 is 9.47 Å². The van der Waals surface area contributed by atoms with Gasteiger partial charge in [-0.1, -0.05) is 6.07 Å². The van der Waals surface area contributed by atoms with Crippen molar-refractivity contribution in [2.24, 2.45) is 0 Å². The second kappa shape index (κ2) is 8.77. The fraction of sp³-hybridized carbons (Fsp3) is 0.348. The molecule has 1 amide bonds. The van der Waals surface area contributed by atoms with Gasteiger partial charge in [-0.2, -0.15) is 0 Å². The minimum absolute atomic E-state index is 0.0230. The minimum atomic E-state index is -0.822. The number of aliphatic hydroxyl groups excluding tert-OH is 1. The Bertz CT molecular complexity index is 1010. The summed E-state index contributed by atoms with van der Waals surface area (Å²) in [6.07, 6.45) is 3.16. The third kappa shape index (κ3) is 3.86. The number of rotatable bonds is 6. The minimum Gasteiger partial charge on any atom is -0.507 e. The molecule has 0 saturated carbocycles. The third-order valence-corrected chi connectivity index (χ3v) is 5.60. The van der Waals surface area contributed by atoms with Crippen molar-refractivity contribution in [3.05, 3.63) is 59.4 Å². The summed E-state index contributed by atoms with van der Waals surface area (Å²) in [7, 11) is 2.98. The van der Waals surface area contributed by atoms with Crippen LogP contribution in [0.25, 0.3) is 5.76 Å². The van der Waals surface area contributed by atoms with Gasteiger partial charge in [0, 0.05) is 25.4 Å². The number of carbonyl (C=O) groups excluding carboxylic acids is 2. The third-order valence-electron chi connectivity index (χ3n) is 5.60. The SMILES string of the molecule is COc1ccc(/C(O)=C2/C(=O)C(=O)N(CC3CCCO3)C2c2ccccn2)c(OC)c1. The molecule has 1 aromatic heterocycles. The molecule has 3 heterocycles. The fourth-order valence-corrected chi connectivity index (χ4v) is 4.06. The Hall–Kier alpha value is -3.39. The smallest absolute Gasteiger partial charge is 0.295 e. The van der Waals surface area contributed by atoms with Crippen molar-refractivity contribution < 1.29 is 28.9 Å². The standard InChI is InChI=1S/C23H24N2O6/c1-29-14-8-9-16(18(12-14)30-2)21(26)19-20(17-7-3-4-10-24-17)25(23(28)22(19)27)13-15-6-5-11-31-15/h3-4,7-10,12,15,20,26H,5-6,11,13H2,1-2H3/b21-19-. The number of ether oxygens (including phenoxy) is 3. The van der Waals surface area contributed by atoms with Crippen LogP contribution in [0.2, 0.25) is 0 Å². The van der Waals surface area contributed by atoms with E-state index in [0.29, 0.717) is 29.4 Å². The van der Waals surface area contributed by atoms with E-state index in [0.717, 1.165) is 12.8 Å². The highest BCUT2D eigenvalue weighted by Crippen LogP contribution is 2.41. The number of hydrogen-bond acceptors (Lipinski definition) is 7. The maximum atomic E-state index is 13.1. The molecule has 0 bridgehead atoms.